The van der Waals surface area contributed by atoms with Crippen molar-refractivity contribution in [2.45, 2.75) is 32.6 Å². The number of carbonyl (C=O) groups is 1. The van der Waals surface area contributed by atoms with Crippen molar-refractivity contribution in [3.05, 3.63) is 11.6 Å². The molecule has 0 radical (unpaired) electrons. The summed E-state index contributed by atoms with van der Waals surface area (Å²) >= 11 is 0. The molecule has 1 saturated carbocycles. The summed E-state index contributed by atoms with van der Waals surface area (Å²) in [4.78, 5) is 15.8. The number of amides is 1. The van der Waals surface area contributed by atoms with Gasteiger partial charge in [0.15, 0.2) is 0 Å². The lowest BCUT2D eigenvalue weighted by molar-refractivity contribution is 0.0925. The zero-order valence-electron chi connectivity index (χ0n) is 10.2. The van der Waals surface area contributed by atoms with Crippen LogP contribution < -0.4 is 5.32 Å². The first-order valence-electron chi connectivity index (χ1n) is 5.88. The minimum absolute atomic E-state index is 0.0904. The summed E-state index contributed by atoms with van der Waals surface area (Å²) in [6.45, 7) is 4.58. The van der Waals surface area contributed by atoms with Gasteiger partial charge in [0.1, 0.15) is 5.82 Å². The highest BCUT2D eigenvalue weighted by atomic mass is 16.3. The van der Waals surface area contributed by atoms with Gasteiger partial charge in [0.2, 0.25) is 5.82 Å². The number of hydrogen-bond acceptors (Lipinski definition) is 4. The molecule has 94 valence electrons. The molecule has 1 aliphatic carbocycles. The number of nitrogens with one attached hydrogen (secondary N) is 2. The number of nitrogens with zero attached hydrogens (tertiary/aromatic N) is 2. The van der Waals surface area contributed by atoms with Gasteiger partial charge >= 0.3 is 0 Å². The maximum absolute atomic E-state index is 11.7. The van der Waals surface area contributed by atoms with E-state index in [9.17, 15) is 4.79 Å². The van der Waals surface area contributed by atoms with Gasteiger partial charge in [-0.2, -0.15) is 0 Å². The molecule has 1 amide bonds. The Labute approximate surface area is 99.8 Å². The van der Waals surface area contributed by atoms with Gasteiger partial charge in [0.25, 0.3) is 5.91 Å². The lowest BCUT2D eigenvalue weighted by Crippen LogP contribution is -2.32. The Morgan fingerprint density at radius 3 is 2.76 bits per heavy atom. The van der Waals surface area contributed by atoms with Crippen molar-refractivity contribution in [2.75, 3.05) is 13.2 Å². The van der Waals surface area contributed by atoms with Crippen molar-refractivity contribution in [1.82, 2.24) is 20.5 Å². The van der Waals surface area contributed by atoms with E-state index in [0.717, 1.165) is 12.8 Å². The van der Waals surface area contributed by atoms with Gasteiger partial charge in [-0.25, -0.2) is 4.98 Å². The van der Waals surface area contributed by atoms with Crippen molar-refractivity contribution in [3.8, 4) is 0 Å². The largest absolute Gasteiger partial charge is 0.396 e. The first-order chi connectivity index (χ1) is 8.06. The predicted molar refractivity (Wildman–Crippen MR) is 61.6 cm³/mol. The van der Waals surface area contributed by atoms with E-state index >= 15 is 0 Å². The van der Waals surface area contributed by atoms with Crippen LogP contribution in [0.25, 0.3) is 0 Å². The average Bonchev–Trinajstić information content (AvgIpc) is 2.92. The second kappa shape index (κ2) is 4.44. The van der Waals surface area contributed by atoms with Crippen molar-refractivity contribution in [1.29, 1.82) is 0 Å². The molecule has 1 heterocycles. The molecule has 0 spiro atoms. The third-order valence-corrected chi connectivity index (χ3v) is 3.17. The zero-order valence-corrected chi connectivity index (χ0v) is 10.2. The van der Waals surface area contributed by atoms with Crippen LogP contribution in [0, 0.1) is 5.41 Å². The molecule has 6 nitrogen and oxygen atoms in total. The van der Waals surface area contributed by atoms with Crippen molar-refractivity contribution < 1.29 is 9.90 Å². The fourth-order valence-corrected chi connectivity index (χ4v) is 1.55. The van der Waals surface area contributed by atoms with Gasteiger partial charge in [0, 0.05) is 17.9 Å². The number of aliphatic hydroxyl groups excluding tert-OH is 1. The molecule has 0 unspecified atom stereocenters. The Morgan fingerprint density at radius 1 is 1.59 bits per heavy atom. The first kappa shape index (κ1) is 12.0. The minimum Gasteiger partial charge on any atom is -0.396 e. The molecule has 0 aliphatic heterocycles. The highest BCUT2D eigenvalue weighted by molar-refractivity contribution is 5.90. The molecule has 0 bridgehead atoms. The summed E-state index contributed by atoms with van der Waals surface area (Å²) in [5, 5.41) is 18.5. The SMILES string of the molecule is CC(C)c1nc(C(=O)NCC2(CO)CC2)n[nH]1. The smallest absolute Gasteiger partial charge is 0.290 e. The topological polar surface area (TPSA) is 90.9 Å². The quantitative estimate of drug-likeness (QED) is 0.693. The van der Waals surface area contributed by atoms with Gasteiger partial charge in [-0.1, -0.05) is 13.8 Å². The second-order valence-corrected chi connectivity index (χ2v) is 5.04. The third-order valence-electron chi connectivity index (χ3n) is 3.17. The van der Waals surface area contributed by atoms with Gasteiger partial charge < -0.3 is 10.4 Å². The van der Waals surface area contributed by atoms with E-state index in [4.69, 9.17) is 5.11 Å². The summed E-state index contributed by atoms with van der Waals surface area (Å²) in [7, 11) is 0. The van der Waals surface area contributed by atoms with Crippen LogP contribution in [0.4, 0.5) is 0 Å². The first-order valence-corrected chi connectivity index (χ1v) is 5.88. The molecule has 0 atom stereocenters. The van der Waals surface area contributed by atoms with Crippen LogP contribution in [0.2, 0.25) is 0 Å². The Kier molecular flexibility index (Phi) is 3.15. The molecule has 1 fully saturated rings. The van der Waals surface area contributed by atoms with Gasteiger partial charge in [-0.3, -0.25) is 9.89 Å². The Balaban J connectivity index is 1.90. The van der Waals surface area contributed by atoms with Crippen molar-refractivity contribution in [3.63, 3.8) is 0 Å². The van der Waals surface area contributed by atoms with Crippen LogP contribution in [-0.2, 0) is 0 Å². The normalized spacial score (nSPS) is 17.2. The highest BCUT2D eigenvalue weighted by Gasteiger charge is 2.42. The zero-order chi connectivity index (χ0) is 12.5. The number of aromatic nitrogens is 3. The van der Waals surface area contributed by atoms with E-state index in [-0.39, 0.29) is 29.7 Å². The fourth-order valence-electron chi connectivity index (χ4n) is 1.55. The number of rotatable bonds is 5. The number of aliphatic hydroxyl groups is 1. The molecule has 1 aliphatic rings. The lowest BCUT2D eigenvalue weighted by atomic mass is 10.1. The number of H-pyrrole nitrogens is 1. The van der Waals surface area contributed by atoms with E-state index in [1.165, 1.54) is 0 Å². The highest BCUT2D eigenvalue weighted by Crippen LogP contribution is 2.44. The van der Waals surface area contributed by atoms with E-state index in [0.29, 0.717) is 12.4 Å². The molecular formula is C11H18N4O2. The van der Waals surface area contributed by atoms with Crippen LogP contribution in [0.15, 0.2) is 0 Å². The Hall–Kier alpha value is -1.43. The monoisotopic (exact) mass is 238 g/mol. The maximum Gasteiger partial charge on any atom is 0.290 e. The third kappa shape index (κ3) is 2.63. The fraction of sp³-hybridized carbons (Fsp3) is 0.727. The molecular weight excluding hydrogens is 220 g/mol. The molecule has 1 aromatic rings. The van der Waals surface area contributed by atoms with E-state index in [2.05, 4.69) is 20.5 Å². The van der Waals surface area contributed by atoms with Crippen LogP contribution in [0.3, 0.4) is 0 Å². The predicted octanol–water partition coefficient (Wildman–Crippen LogP) is 0.430. The van der Waals surface area contributed by atoms with Crippen LogP contribution in [0.5, 0.6) is 0 Å². The van der Waals surface area contributed by atoms with E-state index in [1.54, 1.807) is 0 Å². The molecule has 1 aromatic heterocycles. The molecule has 0 saturated heterocycles. The maximum atomic E-state index is 11.7. The van der Waals surface area contributed by atoms with Crippen LogP contribution in [-0.4, -0.2) is 39.3 Å². The number of carbonyl (C=O) groups excluding carboxylic acids is 1. The van der Waals surface area contributed by atoms with Crippen LogP contribution >= 0.6 is 0 Å². The number of aromatic amines is 1. The van der Waals surface area contributed by atoms with Crippen molar-refractivity contribution in [2.24, 2.45) is 5.41 Å². The number of hydrogen-bond donors (Lipinski definition) is 3. The standard InChI is InChI=1S/C11H18N4O2/c1-7(2)8-13-9(15-14-8)10(17)12-5-11(6-16)3-4-11/h7,16H,3-6H2,1-2H3,(H,12,17)(H,13,14,15). The minimum atomic E-state index is -0.284. The summed E-state index contributed by atoms with van der Waals surface area (Å²) in [5.41, 5.74) is -0.0904. The molecule has 6 heteroatoms. The molecule has 0 aromatic carbocycles. The Bertz CT molecular complexity index is 409. The average molecular weight is 238 g/mol. The molecule has 17 heavy (non-hydrogen) atoms. The molecule has 3 N–H and O–H groups in total. The van der Waals surface area contributed by atoms with Crippen LogP contribution in [0.1, 0.15) is 49.1 Å². The summed E-state index contributed by atoms with van der Waals surface area (Å²) < 4.78 is 0. The van der Waals surface area contributed by atoms with E-state index in [1.807, 2.05) is 13.8 Å². The van der Waals surface area contributed by atoms with Gasteiger partial charge in [-0.15, -0.1) is 5.10 Å². The summed E-state index contributed by atoms with van der Waals surface area (Å²) in [6.07, 6.45) is 1.93. The van der Waals surface area contributed by atoms with Gasteiger partial charge in [-0.05, 0) is 12.8 Å². The van der Waals surface area contributed by atoms with Crippen molar-refractivity contribution >= 4 is 5.91 Å². The summed E-state index contributed by atoms with van der Waals surface area (Å²) in [6, 6.07) is 0. The summed E-state index contributed by atoms with van der Waals surface area (Å²) in [5.74, 6) is 0.810. The Morgan fingerprint density at radius 2 is 2.29 bits per heavy atom. The van der Waals surface area contributed by atoms with E-state index < -0.39 is 0 Å². The molecule has 2 rings (SSSR count). The second-order valence-electron chi connectivity index (χ2n) is 5.04. The van der Waals surface area contributed by atoms with Gasteiger partial charge in [0.05, 0.1) is 6.61 Å². The lowest BCUT2D eigenvalue weighted by Gasteiger charge is -2.11.